The summed E-state index contributed by atoms with van der Waals surface area (Å²) in [5, 5.41) is 11.2. The van der Waals surface area contributed by atoms with Crippen LogP contribution >= 0.6 is 23.4 Å². The van der Waals surface area contributed by atoms with Gasteiger partial charge in [0.15, 0.2) is 5.17 Å². The van der Waals surface area contributed by atoms with Crippen LogP contribution < -0.4 is 0 Å². The Morgan fingerprint density at radius 2 is 2.21 bits per heavy atom. The fourth-order valence-electron chi connectivity index (χ4n) is 3.42. The Bertz CT molecular complexity index is 783. The zero-order chi connectivity index (χ0) is 16.7. The van der Waals surface area contributed by atoms with Gasteiger partial charge in [0.2, 0.25) is 0 Å². The van der Waals surface area contributed by atoms with E-state index in [9.17, 15) is 5.11 Å². The third-order valence-corrected chi connectivity index (χ3v) is 6.07. The van der Waals surface area contributed by atoms with E-state index in [1.54, 1.807) is 6.07 Å². The summed E-state index contributed by atoms with van der Waals surface area (Å²) in [7, 11) is 0. The maximum absolute atomic E-state index is 9.76. The Hall–Kier alpha value is -1.72. The standard InChI is InChI=1S/C18H18ClN3OS/c1-2-12-10-24-18-21-16(14-5-3-4-8-20-14)17(22(12)18)11-6-7-15(23)13(19)9-11/h3-9,12,16-17,23H,2,10H2,1H3. The van der Waals surface area contributed by atoms with E-state index in [2.05, 4.69) is 16.8 Å². The lowest BCUT2D eigenvalue weighted by Gasteiger charge is -2.32. The maximum atomic E-state index is 9.76. The number of aromatic nitrogens is 1. The van der Waals surface area contributed by atoms with Crippen LogP contribution in [0.5, 0.6) is 5.75 Å². The number of benzene rings is 1. The highest BCUT2D eigenvalue weighted by Crippen LogP contribution is 2.49. The van der Waals surface area contributed by atoms with E-state index in [0.717, 1.165) is 28.6 Å². The quantitative estimate of drug-likeness (QED) is 0.881. The number of phenols is 1. The number of pyridine rings is 1. The lowest BCUT2D eigenvalue weighted by atomic mass is 9.95. The number of halogens is 1. The number of aliphatic imine (C=N–C) groups is 1. The van der Waals surface area contributed by atoms with Crippen molar-refractivity contribution in [3.05, 3.63) is 58.9 Å². The van der Waals surface area contributed by atoms with Gasteiger partial charge in [-0.15, -0.1) is 0 Å². The monoisotopic (exact) mass is 359 g/mol. The number of nitrogens with zero attached hydrogens (tertiary/aromatic N) is 3. The van der Waals surface area contributed by atoms with Crippen LogP contribution in [0.1, 0.15) is 36.7 Å². The molecule has 0 radical (unpaired) electrons. The van der Waals surface area contributed by atoms with Gasteiger partial charge in [-0.3, -0.25) is 9.98 Å². The topological polar surface area (TPSA) is 48.7 Å². The summed E-state index contributed by atoms with van der Waals surface area (Å²) < 4.78 is 0. The molecular formula is C18H18ClN3OS. The highest BCUT2D eigenvalue weighted by Gasteiger charge is 2.45. The number of hydrogen-bond donors (Lipinski definition) is 1. The molecule has 1 N–H and O–H groups in total. The molecule has 4 rings (SSSR count). The molecule has 124 valence electrons. The molecule has 1 aromatic carbocycles. The molecule has 3 atom stereocenters. The molecule has 3 heterocycles. The fourth-order valence-corrected chi connectivity index (χ4v) is 4.94. The van der Waals surface area contributed by atoms with Crippen molar-refractivity contribution in [3.63, 3.8) is 0 Å². The summed E-state index contributed by atoms with van der Waals surface area (Å²) in [6.45, 7) is 2.21. The van der Waals surface area contributed by atoms with E-state index in [4.69, 9.17) is 16.6 Å². The van der Waals surface area contributed by atoms with Crippen molar-refractivity contribution in [1.82, 2.24) is 9.88 Å². The zero-order valence-electron chi connectivity index (χ0n) is 13.3. The highest BCUT2D eigenvalue weighted by atomic mass is 35.5. The molecule has 1 saturated heterocycles. The summed E-state index contributed by atoms with van der Waals surface area (Å²) in [5.74, 6) is 1.17. The minimum Gasteiger partial charge on any atom is -0.506 e. The van der Waals surface area contributed by atoms with Crippen molar-refractivity contribution < 1.29 is 5.11 Å². The van der Waals surface area contributed by atoms with Crippen LogP contribution in [-0.4, -0.2) is 32.0 Å². The Morgan fingerprint density at radius 1 is 1.33 bits per heavy atom. The first-order valence-electron chi connectivity index (χ1n) is 8.07. The number of amidine groups is 1. The predicted molar refractivity (Wildman–Crippen MR) is 98.6 cm³/mol. The zero-order valence-corrected chi connectivity index (χ0v) is 14.8. The minimum atomic E-state index is -0.0522. The molecular weight excluding hydrogens is 342 g/mol. The van der Waals surface area contributed by atoms with Crippen LogP contribution in [0.4, 0.5) is 0 Å². The van der Waals surface area contributed by atoms with E-state index in [1.165, 1.54) is 0 Å². The third-order valence-electron chi connectivity index (χ3n) is 4.64. The van der Waals surface area contributed by atoms with Crippen LogP contribution in [0.2, 0.25) is 5.02 Å². The molecule has 24 heavy (non-hydrogen) atoms. The number of rotatable bonds is 3. The van der Waals surface area contributed by atoms with Gasteiger partial charge in [-0.25, -0.2) is 0 Å². The van der Waals surface area contributed by atoms with Crippen molar-refractivity contribution in [2.45, 2.75) is 31.5 Å². The molecule has 4 nitrogen and oxygen atoms in total. The van der Waals surface area contributed by atoms with E-state index in [0.29, 0.717) is 11.1 Å². The Balaban J connectivity index is 1.80. The Morgan fingerprint density at radius 3 is 2.92 bits per heavy atom. The number of hydrogen-bond acceptors (Lipinski definition) is 5. The largest absolute Gasteiger partial charge is 0.506 e. The smallest absolute Gasteiger partial charge is 0.160 e. The van der Waals surface area contributed by atoms with Gasteiger partial charge in [-0.1, -0.05) is 42.4 Å². The highest BCUT2D eigenvalue weighted by molar-refractivity contribution is 8.14. The molecule has 0 bridgehead atoms. The van der Waals surface area contributed by atoms with Gasteiger partial charge in [0.25, 0.3) is 0 Å². The van der Waals surface area contributed by atoms with Gasteiger partial charge in [0, 0.05) is 18.0 Å². The van der Waals surface area contributed by atoms with E-state index in [1.807, 2.05) is 48.3 Å². The molecule has 0 amide bonds. The van der Waals surface area contributed by atoms with Gasteiger partial charge in [-0.05, 0) is 36.2 Å². The Kier molecular flexibility index (Phi) is 4.14. The number of fused-ring (bicyclic) bond motifs is 1. The lowest BCUT2D eigenvalue weighted by molar-refractivity contribution is 0.255. The predicted octanol–water partition coefficient (Wildman–Crippen LogP) is 4.42. The van der Waals surface area contributed by atoms with Gasteiger partial charge in [0.1, 0.15) is 11.8 Å². The second-order valence-corrected chi connectivity index (χ2v) is 7.44. The van der Waals surface area contributed by atoms with Gasteiger partial charge < -0.3 is 10.0 Å². The van der Waals surface area contributed by atoms with E-state index in [-0.39, 0.29) is 17.8 Å². The second-order valence-electron chi connectivity index (χ2n) is 6.05. The normalized spacial score (nSPS) is 25.7. The first-order valence-corrected chi connectivity index (χ1v) is 9.43. The third kappa shape index (κ3) is 2.56. The van der Waals surface area contributed by atoms with E-state index >= 15 is 0 Å². The van der Waals surface area contributed by atoms with Crippen LogP contribution in [0, 0.1) is 0 Å². The minimum absolute atomic E-state index is 0.0522. The van der Waals surface area contributed by atoms with Gasteiger partial charge in [-0.2, -0.15) is 0 Å². The fraction of sp³-hybridized carbons (Fsp3) is 0.333. The van der Waals surface area contributed by atoms with Crippen LogP contribution in [0.15, 0.2) is 47.6 Å². The average molecular weight is 360 g/mol. The van der Waals surface area contributed by atoms with Crippen LogP contribution in [0.25, 0.3) is 0 Å². The summed E-state index contributed by atoms with van der Waals surface area (Å²) in [5.41, 5.74) is 2.03. The first kappa shape index (κ1) is 15.8. The summed E-state index contributed by atoms with van der Waals surface area (Å²) >= 11 is 7.99. The molecule has 2 aliphatic heterocycles. The van der Waals surface area contributed by atoms with Gasteiger partial charge in [0.05, 0.1) is 16.8 Å². The molecule has 1 aromatic heterocycles. The van der Waals surface area contributed by atoms with Crippen molar-refractivity contribution in [2.75, 3.05) is 5.75 Å². The number of aromatic hydroxyl groups is 1. The average Bonchev–Trinajstić information content (AvgIpc) is 3.17. The molecule has 0 aliphatic carbocycles. The molecule has 0 spiro atoms. The number of phenolic OH excluding ortho intramolecular Hbond substituents is 1. The molecule has 2 aromatic rings. The lowest BCUT2D eigenvalue weighted by Crippen LogP contribution is -2.35. The molecule has 3 unspecified atom stereocenters. The Labute approximate surface area is 150 Å². The van der Waals surface area contributed by atoms with Gasteiger partial charge >= 0.3 is 0 Å². The van der Waals surface area contributed by atoms with Crippen LogP contribution in [0.3, 0.4) is 0 Å². The molecule has 1 fully saturated rings. The van der Waals surface area contributed by atoms with E-state index < -0.39 is 0 Å². The van der Waals surface area contributed by atoms with Crippen molar-refractivity contribution in [2.24, 2.45) is 4.99 Å². The molecule has 2 aliphatic rings. The maximum Gasteiger partial charge on any atom is 0.160 e. The second kappa shape index (κ2) is 6.30. The summed E-state index contributed by atoms with van der Waals surface area (Å²) in [6, 6.07) is 11.9. The SMILES string of the molecule is CCC1CSC2=NC(c3ccccn3)C(c3ccc(O)c(Cl)c3)N21. The summed E-state index contributed by atoms with van der Waals surface area (Å²) in [6.07, 6.45) is 2.88. The molecule has 6 heteroatoms. The van der Waals surface area contributed by atoms with Crippen molar-refractivity contribution in [1.29, 1.82) is 0 Å². The van der Waals surface area contributed by atoms with Crippen molar-refractivity contribution in [3.8, 4) is 5.75 Å². The summed E-state index contributed by atoms with van der Waals surface area (Å²) in [4.78, 5) is 11.9. The van der Waals surface area contributed by atoms with Crippen LogP contribution in [-0.2, 0) is 0 Å². The molecule has 0 saturated carbocycles. The first-order chi connectivity index (χ1) is 11.7. The van der Waals surface area contributed by atoms with Crippen molar-refractivity contribution >= 4 is 28.5 Å². The number of thioether (sulfide) groups is 1.